The first-order valence-electron chi connectivity index (χ1n) is 7.99. The van der Waals surface area contributed by atoms with Gasteiger partial charge >= 0.3 is 0 Å². The fraction of sp³-hybridized carbons (Fsp3) is 0.647. The number of piperidine rings is 1. The Hall–Kier alpha value is -0.900. The van der Waals surface area contributed by atoms with E-state index in [9.17, 15) is 0 Å². The van der Waals surface area contributed by atoms with Gasteiger partial charge in [-0.15, -0.1) is 0 Å². The highest BCUT2D eigenvalue weighted by Crippen LogP contribution is 2.42. The molecule has 3 atom stereocenters. The van der Waals surface area contributed by atoms with Gasteiger partial charge in [0.25, 0.3) is 0 Å². The van der Waals surface area contributed by atoms with Gasteiger partial charge in [0.15, 0.2) is 0 Å². The van der Waals surface area contributed by atoms with Crippen LogP contribution in [0, 0.1) is 5.92 Å². The quantitative estimate of drug-likeness (QED) is 0.654. The minimum atomic E-state index is 0.303. The zero-order valence-electron chi connectivity index (χ0n) is 12.7. The first kappa shape index (κ1) is 14.1. The number of rotatable bonds is 4. The summed E-state index contributed by atoms with van der Waals surface area (Å²) in [7, 11) is 2.29. The van der Waals surface area contributed by atoms with Crippen LogP contribution in [0.25, 0.3) is 0 Å². The lowest BCUT2D eigenvalue weighted by atomic mass is 9.82. The number of fused-ring (bicyclic) bond motifs is 2. The molecule has 110 valence electrons. The number of hydrazine groups is 1. The molecule has 20 heavy (non-hydrogen) atoms. The fourth-order valence-corrected chi connectivity index (χ4v) is 4.19. The molecule has 1 aromatic rings. The van der Waals surface area contributed by atoms with Crippen LogP contribution in [0.2, 0.25) is 0 Å². The maximum Gasteiger partial charge on any atom is 0.0489 e. The van der Waals surface area contributed by atoms with Crippen LogP contribution in [0.4, 0.5) is 0 Å². The van der Waals surface area contributed by atoms with Gasteiger partial charge < -0.3 is 4.90 Å². The summed E-state index contributed by atoms with van der Waals surface area (Å²) in [6.45, 7) is 2.20. The van der Waals surface area contributed by atoms with Crippen LogP contribution in [-0.4, -0.2) is 24.0 Å². The number of nitrogens with zero attached hydrogens (tertiary/aromatic N) is 1. The van der Waals surface area contributed by atoms with Crippen molar-refractivity contribution in [2.45, 2.75) is 57.2 Å². The molecule has 0 aromatic heterocycles. The van der Waals surface area contributed by atoms with Gasteiger partial charge in [0.2, 0.25) is 0 Å². The molecule has 2 aliphatic rings. The third kappa shape index (κ3) is 2.50. The van der Waals surface area contributed by atoms with E-state index in [4.69, 9.17) is 5.84 Å². The summed E-state index contributed by atoms with van der Waals surface area (Å²) in [4.78, 5) is 2.59. The second kappa shape index (κ2) is 5.84. The van der Waals surface area contributed by atoms with Crippen LogP contribution in [0.3, 0.4) is 0 Å². The molecule has 3 rings (SSSR count). The summed E-state index contributed by atoms with van der Waals surface area (Å²) >= 11 is 0. The van der Waals surface area contributed by atoms with Crippen LogP contribution < -0.4 is 11.3 Å². The van der Waals surface area contributed by atoms with Crippen molar-refractivity contribution in [2.75, 3.05) is 7.05 Å². The molecule has 2 aliphatic heterocycles. The maximum absolute atomic E-state index is 5.89. The molecular formula is C17H27N3. The van der Waals surface area contributed by atoms with Crippen molar-refractivity contribution in [3.63, 3.8) is 0 Å². The zero-order valence-corrected chi connectivity index (χ0v) is 12.7. The summed E-state index contributed by atoms with van der Waals surface area (Å²) in [6.07, 6.45) is 6.38. The van der Waals surface area contributed by atoms with E-state index in [-0.39, 0.29) is 0 Å². The third-order valence-corrected chi connectivity index (χ3v) is 5.53. The number of hydrogen-bond acceptors (Lipinski definition) is 3. The Balaban J connectivity index is 1.76. The Labute approximate surface area is 122 Å². The van der Waals surface area contributed by atoms with Gasteiger partial charge in [-0.3, -0.25) is 11.3 Å². The highest BCUT2D eigenvalue weighted by atomic mass is 15.2. The molecule has 0 aliphatic carbocycles. The first-order valence-corrected chi connectivity index (χ1v) is 7.99. The molecule has 0 spiro atoms. The second-order valence-corrected chi connectivity index (χ2v) is 6.52. The van der Waals surface area contributed by atoms with E-state index in [1.807, 2.05) is 0 Å². The monoisotopic (exact) mass is 273 g/mol. The lowest BCUT2D eigenvalue weighted by molar-refractivity contribution is 0.112. The average molecular weight is 273 g/mol. The fourth-order valence-electron chi connectivity index (χ4n) is 4.19. The third-order valence-electron chi connectivity index (χ3n) is 5.53. The van der Waals surface area contributed by atoms with Crippen molar-refractivity contribution in [1.82, 2.24) is 10.3 Å². The van der Waals surface area contributed by atoms with Crippen LogP contribution in [-0.2, 0) is 6.42 Å². The Morgan fingerprint density at radius 2 is 1.80 bits per heavy atom. The summed E-state index contributed by atoms with van der Waals surface area (Å²) in [6, 6.07) is 10.8. The van der Waals surface area contributed by atoms with Gasteiger partial charge in [-0.25, -0.2) is 0 Å². The topological polar surface area (TPSA) is 41.3 Å². The zero-order chi connectivity index (χ0) is 14.1. The van der Waals surface area contributed by atoms with E-state index in [1.165, 1.54) is 36.8 Å². The largest absolute Gasteiger partial charge is 0.300 e. The number of nitrogens with two attached hydrogens (primary N) is 1. The molecule has 2 fully saturated rings. The number of nitrogens with one attached hydrogen (secondary N) is 1. The normalized spacial score (nSPS) is 31.4. The predicted octanol–water partition coefficient (Wildman–Crippen LogP) is 2.63. The van der Waals surface area contributed by atoms with Gasteiger partial charge in [0.1, 0.15) is 0 Å². The first-order chi connectivity index (χ1) is 9.72. The van der Waals surface area contributed by atoms with Crippen molar-refractivity contribution in [2.24, 2.45) is 11.8 Å². The van der Waals surface area contributed by atoms with E-state index in [0.29, 0.717) is 12.0 Å². The maximum atomic E-state index is 5.89. The summed E-state index contributed by atoms with van der Waals surface area (Å²) in [5.74, 6) is 6.56. The minimum absolute atomic E-state index is 0.303. The van der Waals surface area contributed by atoms with Gasteiger partial charge in [-0.2, -0.15) is 0 Å². The molecule has 2 heterocycles. The van der Waals surface area contributed by atoms with Crippen LogP contribution >= 0.6 is 0 Å². The Morgan fingerprint density at radius 1 is 1.20 bits per heavy atom. The minimum Gasteiger partial charge on any atom is -0.300 e. The van der Waals surface area contributed by atoms with Crippen LogP contribution in [0.1, 0.15) is 49.8 Å². The van der Waals surface area contributed by atoms with Gasteiger partial charge in [0.05, 0.1) is 0 Å². The molecule has 1 aromatic carbocycles. The van der Waals surface area contributed by atoms with Crippen molar-refractivity contribution >= 4 is 0 Å². The van der Waals surface area contributed by atoms with Crippen molar-refractivity contribution in [3.8, 4) is 0 Å². The predicted molar refractivity (Wildman–Crippen MR) is 83.2 cm³/mol. The number of hydrogen-bond donors (Lipinski definition) is 2. The van der Waals surface area contributed by atoms with Crippen molar-refractivity contribution in [1.29, 1.82) is 0 Å². The molecule has 2 bridgehead atoms. The van der Waals surface area contributed by atoms with E-state index in [1.54, 1.807) is 0 Å². The SMILES string of the molecule is CCc1ccc(C(NN)C2CC3CCC(C2)N3C)cc1. The van der Waals surface area contributed by atoms with E-state index >= 15 is 0 Å². The molecule has 0 amide bonds. The number of benzene rings is 1. The Kier molecular flexibility index (Phi) is 4.11. The van der Waals surface area contributed by atoms with Gasteiger partial charge in [-0.1, -0.05) is 31.2 Å². The highest BCUT2D eigenvalue weighted by molar-refractivity contribution is 5.26. The van der Waals surface area contributed by atoms with Gasteiger partial charge in [0, 0.05) is 18.1 Å². The molecule has 0 radical (unpaired) electrons. The second-order valence-electron chi connectivity index (χ2n) is 6.52. The van der Waals surface area contributed by atoms with Crippen molar-refractivity contribution in [3.05, 3.63) is 35.4 Å². The smallest absolute Gasteiger partial charge is 0.0489 e. The highest BCUT2D eigenvalue weighted by Gasteiger charge is 2.41. The standard InChI is InChI=1S/C17H27N3/c1-3-12-4-6-13(7-5-12)17(19-18)14-10-15-8-9-16(11-14)20(15)2/h4-7,14-17,19H,3,8-11,18H2,1-2H3. The van der Waals surface area contributed by atoms with E-state index in [0.717, 1.165) is 18.5 Å². The van der Waals surface area contributed by atoms with Gasteiger partial charge in [-0.05, 0) is 56.2 Å². The van der Waals surface area contributed by atoms with Crippen molar-refractivity contribution < 1.29 is 0 Å². The Bertz CT molecular complexity index is 428. The van der Waals surface area contributed by atoms with E-state index in [2.05, 4.69) is 48.6 Å². The van der Waals surface area contributed by atoms with E-state index < -0.39 is 0 Å². The molecule has 2 saturated heterocycles. The van der Waals surface area contributed by atoms with Crippen LogP contribution in [0.15, 0.2) is 24.3 Å². The molecule has 3 N–H and O–H groups in total. The lowest BCUT2D eigenvalue weighted by Crippen LogP contribution is -2.45. The van der Waals surface area contributed by atoms with Crippen LogP contribution in [0.5, 0.6) is 0 Å². The molecule has 3 heteroatoms. The summed E-state index contributed by atoms with van der Waals surface area (Å²) in [5, 5.41) is 0. The molecule has 3 unspecified atom stereocenters. The molecule has 3 nitrogen and oxygen atoms in total. The summed E-state index contributed by atoms with van der Waals surface area (Å²) in [5.41, 5.74) is 5.83. The summed E-state index contributed by atoms with van der Waals surface area (Å²) < 4.78 is 0. The lowest BCUT2D eigenvalue weighted by Gasteiger charge is -2.39. The Morgan fingerprint density at radius 3 is 2.30 bits per heavy atom. The molecule has 0 saturated carbocycles. The number of aryl methyl sites for hydroxylation is 1. The average Bonchev–Trinajstić information content (AvgIpc) is 2.70. The molecular weight excluding hydrogens is 246 g/mol.